The van der Waals surface area contributed by atoms with Crippen molar-refractivity contribution in [2.24, 2.45) is 5.92 Å². The number of carbonyl (C=O) groups is 1. The monoisotopic (exact) mass is 331 g/mol. The molecular formula is C18H29N5O. The summed E-state index contributed by atoms with van der Waals surface area (Å²) in [7, 11) is 0. The van der Waals surface area contributed by atoms with E-state index in [9.17, 15) is 4.79 Å². The van der Waals surface area contributed by atoms with Crippen molar-refractivity contribution >= 4 is 11.7 Å². The van der Waals surface area contributed by atoms with Crippen molar-refractivity contribution in [1.82, 2.24) is 20.2 Å². The minimum absolute atomic E-state index is 0.181. The van der Waals surface area contributed by atoms with Crippen LogP contribution in [-0.2, 0) is 4.79 Å². The highest BCUT2D eigenvalue weighted by Gasteiger charge is 2.23. The van der Waals surface area contributed by atoms with Gasteiger partial charge in [0.1, 0.15) is 11.6 Å². The zero-order chi connectivity index (χ0) is 16.9. The fraction of sp³-hybridized carbons (Fsp3) is 0.722. The maximum absolute atomic E-state index is 12.3. The summed E-state index contributed by atoms with van der Waals surface area (Å²) in [6, 6.07) is 2.35. The van der Waals surface area contributed by atoms with E-state index >= 15 is 0 Å². The van der Waals surface area contributed by atoms with Crippen LogP contribution < -0.4 is 10.2 Å². The first-order valence-corrected chi connectivity index (χ1v) is 9.16. The fourth-order valence-corrected chi connectivity index (χ4v) is 3.64. The van der Waals surface area contributed by atoms with E-state index in [1.807, 2.05) is 19.2 Å². The van der Waals surface area contributed by atoms with Crippen LogP contribution in [0.15, 0.2) is 12.3 Å². The molecule has 0 bridgehead atoms. The minimum Gasteiger partial charge on any atom is -0.354 e. The summed E-state index contributed by atoms with van der Waals surface area (Å²) >= 11 is 0. The highest BCUT2D eigenvalue weighted by molar-refractivity contribution is 5.78. The third-order valence-corrected chi connectivity index (χ3v) is 5.21. The summed E-state index contributed by atoms with van der Waals surface area (Å²) in [6.07, 6.45) is 6.55. The Hall–Kier alpha value is -1.69. The minimum atomic E-state index is 0.181. The first kappa shape index (κ1) is 17.1. The predicted octanol–water partition coefficient (Wildman–Crippen LogP) is 1.60. The lowest BCUT2D eigenvalue weighted by atomic mass is 9.87. The maximum Gasteiger partial charge on any atom is 0.234 e. The van der Waals surface area contributed by atoms with Crippen LogP contribution in [0.3, 0.4) is 0 Å². The van der Waals surface area contributed by atoms with Crippen LogP contribution in [-0.4, -0.2) is 59.5 Å². The van der Waals surface area contributed by atoms with Crippen molar-refractivity contribution in [1.29, 1.82) is 0 Å². The molecule has 0 unspecified atom stereocenters. The largest absolute Gasteiger partial charge is 0.354 e. The third kappa shape index (κ3) is 4.66. The predicted molar refractivity (Wildman–Crippen MR) is 95.0 cm³/mol. The van der Waals surface area contributed by atoms with Gasteiger partial charge in [-0.1, -0.05) is 6.92 Å². The highest BCUT2D eigenvalue weighted by atomic mass is 16.2. The van der Waals surface area contributed by atoms with Gasteiger partial charge in [-0.05, 0) is 44.6 Å². The molecule has 0 atom stereocenters. The zero-order valence-corrected chi connectivity index (χ0v) is 14.9. The van der Waals surface area contributed by atoms with Crippen LogP contribution in [0.1, 0.15) is 38.4 Å². The molecule has 1 saturated carbocycles. The second-order valence-corrected chi connectivity index (χ2v) is 7.25. The van der Waals surface area contributed by atoms with Crippen molar-refractivity contribution in [2.75, 3.05) is 37.6 Å². The van der Waals surface area contributed by atoms with Gasteiger partial charge in [0.15, 0.2) is 0 Å². The van der Waals surface area contributed by atoms with Gasteiger partial charge in [0, 0.05) is 38.4 Å². The molecule has 0 spiro atoms. The van der Waals surface area contributed by atoms with E-state index < -0.39 is 0 Å². The lowest BCUT2D eigenvalue weighted by Crippen LogP contribution is -2.51. The molecule has 0 radical (unpaired) electrons. The molecule has 6 nitrogen and oxygen atoms in total. The molecule has 1 amide bonds. The van der Waals surface area contributed by atoms with Gasteiger partial charge in [0.05, 0.1) is 6.54 Å². The van der Waals surface area contributed by atoms with Crippen LogP contribution in [0.5, 0.6) is 0 Å². The number of anilines is 1. The van der Waals surface area contributed by atoms with E-state index in [0.29, 0.717) is 12.6 Å². The van der Waals surface area contributed by atoms with Gasteiger partial charge in [-0.2, -0.15) is 0 Å². The number of nitrogens with zero attached hydrogens (tertiary/aromatic N) is 4. The number of amides is 1. The summed E-state index contributed by atoms with van der Waals surface area (Å²) in [4.78, 5) is 25.4. The molecule has 1 N–H and O–H groups in total. The van der Waals surface area contributed by atoms with Crippen LogP contribution in [0.25, 0.3) is 0 Å². The molecule has 0 aromatic carbocycles. The summed E-state index contributed by atoms with van der Waals surface area (Å²) in [5, 5.41) is 3.22. The number of carbonyl (C=O) groups excluding carboxylic acids is 1. The Balaban J connectivity index is 1.41. The van der Waals surface area contributed by atoms with Crippen molar-refractivity contribution in [3.05, 3.63) is 18.1 Å². The topological polar surface area (TPSA) is 61.4 Å². The van der Waals surface area contributed by atoms with Gasteiger partial charge in [-0.15, -0.1) is 0 Å². The Bertz CT molecular complexity index is 548. The summed E-state index contributed by atoms with van der Waals surface area (Å²) in [5.74, 6) is 2.79. The van der Waals surface area contributed by atoms with Gasteiger partial charge in [-0.25, -0.2) is 9.97 Å². The van der Waals surface area contributed by atoms with E-state index in [1.54, 1.807) is 0 Å². The normalized spacial score (nSPS) is 25.5. The molecule has 1 aromatic rings. The van der Waals surface area contributed by atoms with Gasteiger partial charge in [0.2, 0.25) is 5.91 Å². The Labute approximate surface area is 144 Å². The molecule has 1 aliphatic heterocycles. The summed E-state index contributed by atoms with van der Waals surface area (Å²) in [5.41, 5.74) is 0. The van der Waals surface area contributed by atoms with Crippen molar-refractivity contribution in [3.63, 3.8) is 0 Å². The Morgan fingerprint density at radius 1 is 1.21 bits per heavy atom. The number of nitrogens with one attached hydrogen (secondary N) is 1. The van der Waals surface area contributed by atoms with Gasteiger partial charge in [0.25, 0.3) is 0 Å². The number of piperazine rings is 1. The van der Waals surface area contributed by atoms with E-state index in [1.165, 1.54) is 12.8 Å². The smallest absolute Gasteiger partial charge is 0.234 e. The lowest BCUT2D eigenvalue weighted by Gasteiger charge is -2.35. The van der Waals surface area contributed by atoms with Crippen molar-refractivity contribution in [2.45, 2.75) is 45.6 Å². The lowest BCUT2D eigenvalue weighted by molar-refractivity contribution is -0.123. The van der Waals surface area contributed by atoms with Crippen LogP contribution in [0.4, 0.5) is 5.82 Å². The number of rotatable bonds is 4. The molecule has 24 heavy (non-hydrogen) atoms. The van der Waals surface area contributed by atoms with Gasteiger partial charge < -0.3 is 10.2 Å². The average Bonchev–Trinajstić information content (AvgIpc) is 2.58. The van der Waals surface area contributed by atoms with E-state index in [0.717, 1.165) is 56.6 Å². The zero-order valence-electron chi connectivity index (χ0n) is 14.9. The molecule has 132 valence electrons. The summed E-state index contributed by atoms with van der Waals surface area (Å²) < 4.78 is 0. The SMILES string of the molecule is Cc1nccc(N2CCN(CC(=O)NC3CCC(C)CC3)CC2)n1. The Morgan fingerprint density at radius 2 is 1.92 bits per heavy atom. The Kier molecular flexibility index (Phi) is 5.66. The molecule has 2 heterocycles. The molecule has 2 aliphatic rings. The third-order valence-electron chi connectivity index (χ3n) is 5.21. The fourth-order valence-electron chi connectivity index (χ4n) is 3.64. The maximum atomic E-state index is 12.3. The average molecular weight is 331 g/mol. The van der Waals surface area contributed by atoms with Crippen LogP contribution in [0.2, 0.25) is 0 Å². The number of hydrogen-bond donors (Lipinski definition) is 1. The molecule has 6 heteroatoms. The number of hydrogen-bond acceptors (Lipinski definition) is 5. The van der Waals surface area contributed by atoms with Crippen molar-refractivity contribution < 1.29 is 4.79 Å². The molecule has 3 rings (SSSR count). The molecular weight excluding hydrogens is 302 g/mol. The Morgan fingerprint density at radius 3 is 2.58 bits per heavy atom. The first-order valence-electron chi connectivity index (χ1n) is 9.16. The standard InChI is InChI=1S/C18H29N5O/c1-14-3-5-16(6-4-14)21-18(24)13-22-9-11-23(12-10-22)17-7-8-19-15(2)20-17/h7-8,14,16H,3-6,9-13H2,1-2H3,(H,21,24). The second kappa shape index (κ2) is 7.92. The molecule has 1 aliphatic carbocycles. The number of aromatic nitrogens is 2. The highest BCUT2D eigenvalue weighted by Crippen LogP contribution is 2.23. The molecule has 2 fully saturated rings. The molecule has 1 saturated heterocycles. The van der Waals surface area contributed by atoms with Crippen LogP contribution >= 0.6 is 0 Å². The van der Waals surface area contributed by atoms with Crippen LogP contribution in [0, 0.1) is 12.8 Å². The first-order chi connectivity index (χ1) is 11.6. The van der Waals surface area contributed by atoms with E-state index in [2.05, 4.69) is 32.0 Å². The van der Waals surface area contributed by atoms with E-state index in [-0.39, 0.29) is 5.91 Å². The number of aryl methyl sites for hydroxylation is 1. The molecule has 1 aromatic heterocycles. The van der Waals surface area contributed by atoms with E-state index in [4.69, 9.17) is 0 Å². The second-order valence-electron chi connectivity index (χ2n) is 7.25. The van der Waals surface area contributed by atoms with Gasteiger partial charge >= 0.3 is 0 Å². The van der Waals surface area contributed by atoms with Crippen molar-refractivity contribution in [3.8, 4) is 0 Å². The van der Waals surface area contributed by atoms with Gasteiger partial charge in [-0.3, -0.25) is 9.69 Å². The quantitative estimate of drug-likeness (QED) is 0.908. The summed E-state index contributed by atoms with van der Waals surface area (Å²) in [6.45, 7) is 8.35.